The van der Waals surface area contributed by atoms with E-state index in [1.54, 1.807) is 22.9 Å². The fourth-order valence-electron chi connectivity index (χ4n) is 5.76. The van der Waals surface area contributed by atoms with E-state index in [9.17, 15) is 14.9 Å². The van der Waals surface area contributed by atoms with Crippen molar-refractivity contribution in [2.24, 2.45) is 11.8 Å². The van der Waals surface area contributed by atoms with Gasteiger partial charge < -0.3 is 10.6 Å². The Labute approximate surface area is 259 Å². The summed E-state index contributed by atoms with van der Waals surface area (Å²) >= 11 is 6.82. The van der Waals surface area contributed by atoms with Crippen LogP contribution in [0.15, 0.2) is 79.1 Å². The van der Waals surface area contributed by atoms with Gasteiger partial charge in [0.25, 0.3) is 0 Å². The zero-order valence-corrected chi connectivity index (χ0v) is 24.2. The summed E-state index contributed by atoms with van der Waals surface area (Å²) in [7, 11) is 7.07. The van der Waals surface area contributed by atoms with Crippen LogP contribution < -0.4 is 10.6 Å². The van der Waals surface area contributed by atoms with E-state index in [0.717, 1.165) is 24.8 Å². The van der Waals surface area contributed by atoms with Crippen molar-refractivity contribution in [2.45, 2.75) is 36.8 Å². The maximum atomic E-state index is 13.9. The summed E-state index contributed by atoms with van der Waals surface area (Å²) in [4.78, 5) is 4.50. The largest absolute Gasteiger partial charge is 0.378 e. The molecule has 0 spiro atoms. The quantitative estimate of drug-likeness (QED) is 0.183. The van der Waals surface area contributed by atoms with E-state index < -0.39 is 5.44 Å². The summed E-state index contributed by atoms with van der Waals surface area (Å²) in [6, 6.07) is 24.1. The fourth-order valence-corrected chi connectivity index (χ4v) is 6.02. The van der Waals surface area contributed by atoms with E-state index in [0.29, 0.717) is 44.1 Å². The third-order valence-corrected chi connectivity index (χ3v) is 8.70. The molecule has 2 aliphatic carbocycles. The van der Waals surface area contributed by atoms with Gasteiger partial charge in [-0.1, -0.05) is 59.3 Å². The van der Waals surface area contributed by atoms with Crippen molar-refractivity contribution >= 4 is 41.7 Å². The molecule has 1 unspecified atom stereocenters. The van der Waals surface area contributed by atoms with Gasteiger partial charge in [0.2, 0.25) is 0 Å². The monoisotopic (exact) mass is 598 g/mol. The third-order valence-electron chi connectivity index (χ3n) is 8.41. The lowest BCUT2D eigenvalue weighted by Gasteiger charge is -2.32. The molecule has 2 aliphatic rings. The topological polar surface area (TPSA) is 115 Å². The van der Waals surface area contributed by atoms with E-state index >= 15 is 0 Å². The SMILES string of the molecule is [B]C(Nc1cc(Cl)c2ncc(C#N)c(N[C@@H](c3ccccc3)[C@H]3C[C@@H]3C#N)c2c1)(c1ccc(F)cc1)c1cn(C2CC2)nn1. The smallest absolute Gasteiger partial charge is 0.123 e. The maximum Gasteiger partial charge on any atom is 0.123 e. The number of aromatic nitrogens is 4. The molecule has 2 fully saturated rings. The van der Waals surface area contributed by atoms with E-state index in [1.165, 1.54) is 18.3 Å². The molecule has 214 valence electrons. The average molecular weight is 599 g/mol. The van der Waals surface area contributed by atoms with Gasteiger partial charge in [0.1, 0.15) is 25.4 Å². The lowest BCUT2D eigenvalue weighted by molar-refractivity contribution is 0.610. The normalized spacial score (nSPS) is 19.4. The fraction of sp³-hybridized carbons (Fsp3) is 0.242. The second kappa shape index (κ2) is 11.0. The summed E-state index contributed by atoms with van der Waals surface area (Å²) in [5.74, 6) is -0.387. The molecule has 0 aliphatic heterocycles. The number of hydrogen-bond acceptors (Lipinski definition) is 7. The van der Waals surface area contributed by atoms with Gasteiger partial charge in [0, 0.05) is 23.2 Å². The van der Waals surface area contributed by atoms with E-state index in [-0.39, 0.29) is 29.7 Å². The Balaban J connectivity index is 1.33. The van der Waals surface area contributed by atoms with Crippen molar-refractivity contribution in [2.75, 3.05) is 10.6 Å². The van der Waals surface area contributed by atoms with Crippen molar-refractivity contribution in [3.05, 3.63) is 112 Å². The number of benzene rings is 3. The second-order valence-electron chi connectivity index (χ2n) is 11.4. The van der Waals surface area contributed by atoms with Crippen LogP contribution in [0.25, 0.3) is 10.9 Å². The molecule has 2 aromatic heterocycles. The van der Waals surface area contributed by atoms with Gasteiger partial charge in [-0.3, -0.25) is 4.98 Å². The first-order valence-electron chi connectivity index (χ1n) is 14.4. The highest BCUT2D eigenvalue weighted by molar-refractivity contribution is 6.36. The van der Waals surface area contributed by atoms with Gasteiger partial charge in [-0.25, -0.2) is 9.07 Å². The molecular weight excluding hydrogens is 574 g/mol. The summed E-state index contributed by atoms with van der Waals surface area (Å²) in [6.07, 6.45) is 6.12. The molecule has 4 atom stereocenters. The van der Waals surface area contributed by atoms with E-state index in [4.69, 9.17) is 19.4 Å². The molecule has 5 aromatic rings. The molecule has 7 rings (SSSR count). The zero-order chi connectivity index (χ0) is 30.4. The van der Waals surface area contributed by atoms with Crippen LogP contribution in [-0.4, -0.2) is 27.8 Å². The molecule has 44 heavy (non-hydrogen) atoms. The van der Waals surface area contributed by atoms with Crippen molar-refractivity contribution in [3.63, 3.8) is 0 Å². The Morgan fingerprint density at radius 2 is 1.86 bits per heavy atom. The van der Waals surface area contributed by atoms with Crippen LogP contribution in [0.3, 0.4) is 0 Å². The van der Waals surface area contributed by atoms with Gasteiger partial charge in [0.05, 0.1) is 57.5 Å². The number of nitrogens with zero attached hydrogens (tertiary/aromatic N) is 6. The first-order valence-corrected chi connectivity index (χ1v) is 14.7. The summed E-state index contributed by atoms with van der Waals surface area (Å²) < 4.78 is 15.7. The minimum atomic E-state index is -1.40. The van der Waals surface area contributed by atoms with Crippen LogP contribution in [0, 0.1) is 40.3 Å². The predicted octanol–water partition coefficient (Wildman–Crippen LogP) is 6.62. The predicted molar refractivity (Wildman–Crippen MR) is 166 cm³/mol. The highest BCUT2D eigenvalue weighted by Gasteiger charge is 2.44. The number of halogens is 2. The number of anilines is 2. The summed E-state index contributed by atoms with van der Waals surface area (Å²) in [5, 5.41) is 36.4. The maximum absolute atomic E-state index is 13.9. The Hall–Kier alpha value is -4.93. The number of nitrogens with one attached hydrogen (secondary N) is 2. The van der Waals surface area contributed by atoms with Gasteiger partial charge in [-0.15, -0.1) is 5.10 Å². The van der Waals surface area contributed by atoms with Crippen LogP contribution in [0.2, 0.25) is 5.02 Å². The lowest BCUT2D eigenvalue weighted by Crippen LogP contribution is -2.37. The van der Waals surface area contributed by atoms with Crippen LogP contribution >= 0.6 is 11.6 Å². The number of nitriles is 2. The third kappa shape index (κ3) is 5.12. The van der Waals surface area contributed by atoms with Crippen LogP contribution in [0.1, 0.15) is 53.7 Å². The Kier molecular flexibility index (Phi) is 6.95. The molecule has 2 saturated carbocycles. The first kappa shape index (κ1) is 27.9. The van der Waals surface area contributed by atoms with Crippen LogP contribution in [0.4, 0.5) is 15.8 Å². The molecule has 2 heterocycles. The van der Waals surface area contributed by atoms with Gasteiger partial charge >= 0.3 is 0 Å². The second-order valence-corrected chi connectivity index (χ2v) is 11.8. The highest BCUT2D eigenvalue weighted by atomic mass is 35.5. The molecular formula is C33H25BClFN8. The van der Waals surface area contributed by atoms with Crippen LogP contribution in [-0.2, 0) is 5.44 Å². The van der Waals surface area contributed by atoms with Gasteiger partial charge in [-0.2, -0.15) is 10.5 Å². The minimum absolute atomic E-state index is 0.0789. The number of pyridine rings is 1. The van der Waals surface area contributed by atoms with Gasteiger partial charge in [-0.05, 0) is 54.7 Å². The number of rotatable bonds is 9. The standard InChI is InChI=1S/C33H25BClFN8/c34-33(22-6-8-23(36)9-7-22,29-18-44(43-42-29)25-10-11-25)41-24-13-27-31(21(16-38)17-39-32(27)28(35)14-24)40-30(26-12-20(26)15-37)19-4-2-1-3-5-19/h1-9,13-14,17-18,20,25-26,30,41H,10-12H2,(H,39,40)/t20-,26+,30+,33?/m1/s1. The van der Waals surface area contributed by atoms with Crippen molar-refractivity contribution in [3.8, 4) is 12.1 Å². The minimum Gasteiger partial charge on any atom is -0.378 e. The lowest BCUT2D eigenvalue weighted by atomic mass is 9.69. The molecule has 2 radical (unpaired) electrons. The molecule has 2 N–H and O–H groups in total. The van der Waals surface area contributed by atoms with E-state index in [1.807, 2.05) is 42.6 Å². The molecule has 0 saturated heterocycles. The molecule has 11 heteroatoms. The number of hydrogen-bond donors (Lipinski definition) is 2. The molecule has 0 amide bonds. The Morgan fingerprint density at radius 3 is 2.55 bits per heavy atom. The highest BCUT2D eigenvalue weighted by Crippen LogP contribution is 2.49. The van der Waals surface area contributed by atoms with Crippen molar-refractivity contribution in [1.82, 2.24) is 20.0 Å². The Bertz CT molecular complexity index is 1950. The zero-order valence-electron chi connectivity index (χ0n) is 23.5. The van der Waals surface area contributed by atoms with E-state index in [2.05, 4.69) is 38.1 Å². The Morgan fingerprint density at radius 1 is 1.09 bits per heavy atom. The summed E-state index contributed by atoms with van der Waals surface area (Å²) in [6.45, 7) is 0. The first-order chi connectivity index (χ1) is 21.4. The van der Waals surface area contributed by atoms with Crippen molar-refractivity contribution in [1.29, 1.82) is 10.5 Å². The van der Waals surface area contributed by atoms with Gasteiger partial charge in [0.15, 0.2) is 0 Å². The number of fused-ring (bicyclic) bond motifs is 1. The average Bonchev–Trinajstić information content (AvgIpc) is 3.98. The molecule has 8 nitrogen and oxygen atoms in total. The summed E-state index contributed by atoms with van der Waals surface area (Å²) in [5.41, 5.74) is 2.58. The van der Waals surface area contributed by atoms with Crippen LogP contribution in [0.5, 0.6) is 0 Å². The van der Waals surface area contributed by atoms with Crippen molar-refractivity contribution < 1.29 is 4.39 Å². The molecule has 3 aromatic carbocycles. The molecule has 0 bridgehead atoms.